The molecule has 5 rings (SSSR count). The third-order valence-electron chi connectivity index (χ3n) is 4.42. The van der Waals surface area contributed by atoms with Crippen LogP contribution in [0, 0.1) is 6.92 Å². The van der Waals surface area contributed by atoms with E-state index in [-0.39, 0.29) is 0 Å². The van der Waals surface area contributed by atoms with Crippen LogP contribution in [0.5, 0.6) is 0 Å². The fourth-order valence-corrected chi connectivity index (χ4v) is 3.22. The Balaban J connectivity index is 1.90. The summed E-state index contributed by atoms with van der Waals surface area (Å²) in [4.78, 5) is 9.06. The van der Waals surface area contributed by atoms with Crippen molar-refractivity contribution in [3.05, 3.63) is 72.6 Å². The fraction of sp³-hybridized carbons (Fsp3) is 0.0476. The van der Waals surface area contributed by atoms with E-state index in [1.807, 2.05) is 25.3 Å². The van der Waals surface area contributed by atoms with E-state index in [1.54, 1.807) is 6.20 Å². The average molecular weight is 310 g/mol. The monoisotopic (exact) mass is 310 g/mol. The number of nitrogens with zero attached hydrogens (tertiary/aromatic N) is 2. The minimum Gasteiger partial charge on any atom is -0.453 e. The van der Waals surface area contributed by atoms with Gasteiger partial charge in [0.05, 0.1) is 5.69 Å². The summed E-state index contributed by atoms with van der Waals surface area (Å²) in [6, 6.07) is 18.5. The normalized spacial score (nSPS) is 11.5. The Morgan fingerprint density at radius 2 is 1.71 bits per heavy atom. The maximum absolute atomic E-state index is 6.28. The van der Waals surface area contributed by atoms with Gasteiger partial charge in [0.2, 0.25) is 0 Å². The van der Waals surface area contributed by atoms with E-state index in [2.05, 4.69) is 52.4 Å². The van der Waals surface area contributed by atoms with Gasteiger partial charge in [0.1, 0.15) is 11.1 Å². The van der Waals surface area contributed by atoms with Crippen molar-refractivity contribution in [2.24, 2.45) is 0 Å². The summed E-state index contributed by atoms with van der Waals surface area (Å²) in [5.74, 6) is 0. The van der Waals surface area contributed by atoms with Gasteiger partial charge in [-0.25, -0.2) is 0 Å². The Kier molecular flexibility index (Phi) is 2.71. The molecule has 0 atom stereocenters. The summed E-state index contributed by atoms with van der Waals surface area (Å²) in [5, 5.41) is 3.27. The van der Waals surface area contributed by atoms with Crippen molar-refractivity contribution in [1.82, 2.24) is 9.97 Å². The number of para-hydroxylation sites is 1. The molecule has 0 bridgehead atoms. The summed E-state index contributed by atoms with van der Waals surface area (Å²) < 4.78 is 6.28. The molecule has 3 aromatic heterocycles. The Morgan fingerprint density at radius 1 is 0.792 bits per heavy atom. The summed E-state index contributed by atoms with van der Waals surface area (Å²) in [6.45, 7) is 2.04. The Morgan fingerprint density at radius 3 is 2.58 bits per heavy atom. The number of fused-ring (bicyclic) bond motifs is 5. The number of rotatable bonds is 1. The molecule has 0 saturated heterocycles. The van der Waals surface area contributed by atoms with Gasteiger partial charge in [0.15, 0.2) is 5.58 Å². The largest absolute Gasteiger partial charge is 0.453 e. The number of aromatic nitrogens is 2. The summed E-state index contributed by atoms with van der Waals surface area (Å²) >= 11 is 0. The summed E-state index contributed by atoms with van der Waals surface area (Å²) in [5.41, 5.74) is 5.67. The molecule has 2 aromatic carbocycles. The molecule has 0 N–H and O–H groups in total. The molecule has 3 heteroatoms. The van der Waals surface area contributed by atoms with Crippen molar-refractivity contribution in [1.29, 1.82) is 0 Å². The molecule has 3 nitrogen and oxygen atoms in total. The molecule has 0 spiro atoms. The van der Waals surface area contributed by atoms with Gasteiger partial charge in [0.25, 0.3) is 0 Å². The zero-order valence-corrected chi connectivity index (χ0v) is 13.2. The van der Waals surface area contributed by atoms with E-state index in [0.717, 1.165) is 49.7 Å². The second kappa shape index (κ2) is 4.90. The van der Waals surface area contributed by atoms with Crippen LogP contribution in [-0.4, -0.2) is 9.97 Å². The first-order valence-electron chi connectivity index (χ1n) is 7.93. The highest BCUT2D eigenvalue weighted by molar-refractivity contribution is 6.15. The van der Waals surface area contributed by atoms with Gasteiger partial charge >= 0.3 is 0 Å². The predicted octanol–water partition coefficient (Wildman–Crippen LogP) is 5.50. The van der Waals surface area contributed by atoms with E-state index in [4.69, 9.17) is 4.42 Å². The zero-order valence-electron chi connectivity index (χ0n) is 13.2. The molecule has 0 amide bonds. The van der Waals surface area contributed by atoms with Crippen LogP contribution >= 0.6 is 0 Å². The van der Waals surface area contributed by atoms with Crippen LogP contribution in [0.15, 0.2) is 71.4 Å². The van der Waals surface area contributed by atoms with Crippen molar-refractivity contribution >= 4 is 32.8 Å². The van der Waals surface area contributed by atoms with Gasteiger partial charge in [-0.2, -0.15) is 0 Å². The van der Waals surface area contributed by atoms with Gasteiger partial charge in [0, 0.05) is 34.1 Å². The molecule has 5 aromatic rings. The zero-order chi connectivity index (χ0) is 16.1. The molecule has 0 unspecified atom stereocenters. The SMILES string of the molecule is Cc1ccc(-c2cccc3c2oc2c3ccc3cccnc32)nc1. The van der Waals surface area contributed by atoms with Gasteiger partial charge in [-0.3, -0.25) is 9.97 Å². The molecule has 0 fully saturated rings. The molecule has 0 aliphatic rings. The molecule has 24 heavy (non-hydrogen) atoms. The van der Waals surface area contributed by atoms with Crippen LogP contribution in [0.25, 0.3) is 44.1 Å². The van der Waals surface area contributed by atoms with Crippen molar-refractivity contribution in [2.75, 3.05) is 0 Å². The topological polar surface area (TPSA) is 38.9 Å². The number of furan rings is 1. The quantitative estimate of drug-likeness (QED) is 0.410. The van der Waals surface area contributed by atoms with E-state index >= 15 is 0 Å². The molecule has 0 radical (unpaired) electrons. The van der Waals surface area contributed by atoms with E-state index in [9.17, 15) is 0 Å². The standard InChI is InChI=1S/C21H14N2O/c1-13-7-10-18(23-12-13)17-6-2-5-15-16-9-8-14-4-3-11-22-19(14)21(16)24-20(15)17/h2-12H,1H3. The van der Waals surface area contributed by atoms with E-state index < -0.39 is 0 Å². The molecule has 3 heterocycles. The lowest BCUT2D eigenvalue weighted by Gasteiger charge is -2.02. The van der Waals surface area contributed by atoms with E-state index in [1.165, 1.54) is 0 Å². The van der Waals surface area contributed by atoms with Crippen molar-refractivity contribution < 1.29 is 4.42 Å². The lowest BCUT2D eigenvalue weighted by molar-refractivity contribution is 0.672. The lowest BCUT2D eigenvalue weighted by atomic mass is 10.1. The highest BCUT2D eigenvalue weighted by atomic mass is 16.3. The molecule has 114 valence electrons. The van der Waals surface area contributed by atoms with Crippen LogP contribution in [-0.2, 0) is 0 Å². The average Bonchev–Trinajstić information content (AvgIpc) is 3.02. The Bertz CT molecular complexity index is 1200. The third-order valence-corrected chi connectivity index (χ3v) is 4.42. The number of aryl methyl sites for hydroxylation is 1. The van der Waals surface area contributed by atoms with Crippen LogP contribution in [0.2, 0.25) is 0 Å². The molecular weight excluding hydrogens is 296 g/mol. The maximum atomic E-state index is 6.28. The van der Waals surface area contributed by atoms with Gasteiger partial charge in [-0.05, 0) is 36.8 Å². The molecule has 0 aliphatic heterocycles. The first-order valence-corrected chi connectivity index (χ1v) is 7.93. The second-order valence-corrected chi connectivity index (χ2v) is 6.02. The van der Waals surface area contributed by atoms with Crippen LogP contribution in [0.1, 0.15) is 5.56 Å². The summed E-state index contributed by atoms with van der Waals surface area (Å²) in [7, 11) is 0. The van der Waals surface area contributed by atoms with Crippen molar-refractivity contribution in [3.8, 4) is 11.3 Å². The smallest absolute Gasteiger partial charge is 0.161 e. The molecular formula is C21H14N2O. The second-order valence-electron chi connectivity index (χ2n) is 6.02. The molecule has 0 saturated carbocycles. The number of pyridine rings is 2. The highest BCUT2D eigenvalue weighted by Gasteiger charge is 2.14. The minimum absolute atomic E-state index is 0.836. The Hall–Kier alpha value is -3.20. The minimum atomic E-state index is 0.836. The maximum Gasteiger partial charge on any atom is 0.161 e. The van der Waals surface area contributed by atoms with Gasteiger partial charge < -0.3 is 4.42 Å². The number of benzene rings is 2. The Labute approximate surface area is 138 Å². The van der Waals surface area contributed by atoms with Crippen molar-refractivity contribution in [2.45, 2.75) is 6.92 Å². The van der Waals surface area contributed by atoms with Gasteiger partial charge in [-0.15, -0.1) is 0 Å². The first kappa shape index (κ1) is 13.3. The third kappa shape index (κ3) is 1.85. The number of hydrogen-bond donors (Lipinski definition) is 0. The van der Waals surface area contributed by atoms with Crippen molar-refractivity contribution in [3.63, 3.8) is 0 Å². The molecule has 0 aliphatic carbocycles. The highest BCUT2D eigenvalue weighted by Crippen LogP contribution is 2.37. The van der Waals surface area contributed by atoms with Crippen LogP contribution < -0.4 is 0 Å². The predicted molar refractivity (Wildman–Crippen MR) is 97.0 cm³/mol. The van der Waals surface area contributed by atoms with E-state index in [0.29, 0.717) is 0 Å². The van der Waals surface area contributed by atoms with Gasteiger partial charge in [-0.1, -0.05) is 30.3 Å². The number of hydrogen-bond acceptors (Lipinski definition) is 3. The fourth-order valence-electron chi connectivity index (χ4n) is 3.22. The van der Waals surface area contributed by atoms with Crippen LogP contribution in [0.4, 0.5) is 0 Å². The van der Waals surface area contributed by atoms with Crippen LogP contribution in [0.3, 0.4) is 0 Å². The summed E-state index contributed by atoms with van der Waals surface area (Å²) in [6.07, 6.45) is 3.69. The lowest BCUT2D eigenvalue weighted by Crippen LogP contribution is -1.84. The first-order chi connectivity index (χ1) is 11.8.